The van der Waals surface area contributed by atoms with Crippen LogP contribution in [-0.2, 0) is 11.2 Å². The summed E-state index contributed by atoms with van der Waals surface area (Å²) in [6, 6.07) is 15.6. The number of aromatic nitrogens is 2. The molecule has 150 valence electrons. The predicted octanol–water partition coefficient (Wildman–Crippen LogP) is 3.65. The fraction of sp³-hybridized carbons (Fsp3) is 0.217. The van der Waals surface area contributed by atoms with Gasteiger partial charge in [0.25, 0.3) is 5.91 Å². The summed E-state index contributed by atoms with van der Waals surface area (Å²) >= 11 is 0. The van der Waals surface area contributed by atoms with Crippen molar-refractivity contribution >= 4 is 12.0 Å². The number of ether oxygens (including phenoxy) is 2. The molecule has 0 fully saturated rings. The van der Waals surface area contributed by atoms with Crippen molar-refractivity contribution in [3.63, 3.8) is 0 Å². The lowest BCUT2D eigenvalue weighted by atomic mass is 10.1. The van der Waals surface area contributed by atoms with Gasteiger partial charge in [0.2, 0.25) is 0 Å². The summed E-state index contributed by atoms with van der Waals surface area (Å²) in [4.78, 5) is 12.1. The Morgan fingerprint density at radius 2 is 2.00 bits per heavy atom. The van der Waals surface area contributed by atoms with Crippen LogP contribution in [0.2, 0.25) is 0 Å². The molecular formula is C23H25N3O3. The number of rotatable bonds is 9. The number of benzene rings is 2. The smallest absolute Gasteiger partial charge is 0.257 e. The van der Waals surface area contributed by atoms with Crippen LogP contribution in [0.15, 0.2) is 67.0 Å². The first-order chi connectivity index (χ1) is 14.2. The third-order valence-corrected chi connectivity index (χ3v) is 4.35. The Balaban J connectivity index is 1.44. The number of amides is 1. The molecule has 6 heteroatoms. The second-order valence-corrected chi connectivity index (χ2v) is 6.42. The van der Waals surface area contributed by atoms with Gasteiger partial charge >= 0.3 is 0 Å². The number of nitrogens with zero attached hydrogens (tertiary/aromatic N) is 2. The van der Waals surface area contributed by atoms with E-state index in [1.54, 1.807) is 13.3 Å². The fourth-order valence-electron chi connectivity index (χ4n) is 2.88. The van der Waals surface area contributed by atoms with Crippen molar-refractivity contribution in [2.24, 2.45) is 0 Å². The Kier molecular flexibility index (Phi) is 7.05. The highest BCUT2D eigenvalue weighted by Gasteiger charge is 2.08. The first kappa shape index (κ1) is 20.2. The Bertz CT molecular complexity index is 948. The lowest BCUT2D eigenvalue weighted by Gasteiger charge is -2.11. The third kappa shape index (κ3) is 5.72. The SMILES string of the molecule is C/C=C/c1ccc(OCC(=O)NCCc2ccc(-n3cccn3)cc2)c(OC)c1. The van der Waals surface area contributed by atoms with Crippen molar-refractivity contribution in [1.82, 2.24) is 15.1 Å². The Labute approximate surface area is 170 Å². The van der Waals surface area contributed by atoms with Gasteiger partial charge in [-0.15, -0.1) is 0 Å². The maximum atomic E-state index is 12.1. The van der Waals surface area contributed by atoms with Gasteiger partial charge in [-0.05, 0) is 54.8 Å². The molecule has 0 radical (unpaired) electrons. The molecule has 6 nitrogen and oxygen atoms in total. The molecule has 3 rings (SSSR count). The minimum Gasteiger partial charge on any atom is -0.493 e. The van der Waals surface area contributed by atoms with Gasteiger partial charge in [0.05, 0.1) is 12.8 Å². The molecule has 0 atom stereocenters. The molecule has 0 aliphatic heterocycles. The van der Waals surface area contributed by atoms with Crippen molar-refractivity contribution in [2.75, 3.05) is 20.3 Å². The van der Waals surface area contributed by atoms with Crippen LogP contribution < -0.4 is 14.8 Å². The first-order valence-electron chi connectivity index (χ1n) is 9.49. The zero-order chi connectivity index (χ0) is 20.5. The van der Waals surface area contributed by atoms with Crippen LogP contribution >= 0.6 is 0 Å². The van der Waals surface area contributed by atoms with Gasteiger partial charge in [0.15, 0.2) is 18.1 Å². The quantitative estimate of drug-likeness (QED) is 0.605. The zero-order valence-electron chi connectivity index (χ0n) is 16.7. The fourth-order valence-corrected chi connectivity index (χ4v) is 2.88. The van der Waals surface area contributed by atoms with E-state index in [1.807, 2.05) is 78.5 Å². The third-order valence-electron chi connectivity index (χ3n) is 4.35. The molecular weight excluding hydrogens is 366 g/mol. The molecule has 1 aromatic heterocycles. The molecule has 1 N–H and O–H groups in total. The summed E-state index contributed by atoms with van der Waals surface area (Å²) < 4.78 is 12.8. The van der Waals surface area contributed by atoms with Crippen molar-refractivity contribution in [2.45, 2.75) is 13.3 Å². The van der Waals surface area contributed by atoms with E-state index >= 15 is 0 Å². The van der Waals surface area contributed by atoms with Crippen LogP contribution in [0.1, 0.15) is 18.1 Å². The number of carbonyl (C=O) groups is 1. The van der Waals surface area contributed by atoms with Crippen molar-refractivity contribution in [3.8, 4) is 17.2 Å². The lowest BCUT2D eigenvalue weighted by molar-refractivity contribution is -0.123. The molecule has 3 aromatic rings. The van der Waals surface area contributed by atoms with Gasteiger partial charge in [0.1, 0.15) is 0 Å². The van der Waals surface area contributed by atoms with Crippen molar-refractivity contribution in [1.29, 1.82) is 0 Å². The van der Waals surface area contributed by atoms with E-state index in [-0.39, 0.29) is 12.5 Å². The molecule has 29 heavy (non-hydrogen) atoms. The highest BCUT2D eigenvalue weighted by molar-refractivity contribution is 5.77. The number of carbonyl (C=O) groups excluding carboxylic acids is 1. The second kappa shape index (κ2) is 10.1. The summed E-state index contributed by atoms with van der Waals surface area (Å²) in [5.41, 5.74) is 3.16. The van der Waals surface area contributed by atoms with Crippen molar-refractivity contribution in [3.05, 3.63) is 78.1 Å². The molecule has 0 bridgehead atoms. The summed E-state index contributed by atoms with van der Waals surface area (Å²) in [6.45, 7) is 2.44. The van der Waals surface area contributed by atoms with Crippen LogP contribution in [0.3, 0.4) is 0 Å². The molecule has 0 saturated heterocycles. The highest BCUT2D eigenvalue weighted by atomic mass is 16.5. The summed E-state index contributed by atoms with van der Waals surface area (Å²) in [5, 5.41) is 7.09. The van der Waals surface area contributed by atoms with E-state index in [1.165, 1.54) is 0 Å². The Morgan fingerprint density at radius 1 is 1.17 bits per heavy atom. The van der Waals surface area contributed by atoms with Gasteiger partial charge in [-0.3, -0.25) is 4.79 Å². The van der Waals surface area contributed by atoms with Gasteiger partial charge in [0, 0.05) is 18.9 Å². The standard InChI is InChI=1S/C23H25N3O3/c1-3-5-19-8-11-21(22(16-19)28-2)29-17-23(27)24-14-12-18-6-9-20(10-7-18)26-15-4-13-25-26/h3-11,13,15-16H,12,14,17H2,1-2H3,(H,24,27)/b5-3+. The molecule has 0 saturated carbocycles. The second-order valence-electron chi connectivity index (χ2n) is 6.42. The Hall–Kier alpha value is -3.54. The van der Waals surface area contributed by atoms with Crippen LogP contribution in [0.5, 0.6) is 11.5 Å². The molecule has 0 unspecified atom stereocenters. The van der Waals surface area contributed by atoms with Gasteiger partial charge < -0.3 is 14.8 Å². The van der Waals surface area contributed by atoms with E-state index in [9.17, 15) is 4.79 Å². The van der Waals surface area contributed by atoms with Crippen LogP contribution in [0, 0.1) is 0 Å². The number of hydrogen-bond acceptors (Lipinski definition) is 4. The topological polar surface area (TPSA) is 65.4 Å². The van der Waals surface area contributed by atoms with Crippen LogP contribution in [0.4, 0.5) is 0 Å². The molecule has 1 amide bonds. The van der Waals surface area contributed by atoms with Gasteiger partial charge in [-0.25, -0.2) is 4.68 Å². The number of hydrogen-bond donors (Lipinski definition) is 1. The average Bonchev–Trinajstić information content (AvgIpc) is 3.28. The monoisotopic (exact) mass is 391 g/mol. The minimum absolute atomic E-state index is 0.0580. The van der Waals surface area contributed by atoms with E-state index in [0.29, 0.717) is 18.0 Å². The van der Waals surface area contributed by atoms with E-state index in [0.717, 1.165) is 23.2 Å². The molecule has 2 aromatic carbocycles. The van der Waals surface area contributed by atoms with Crippen LogP contribution in [0.25, 0.3) is 11.8 Å². The molecule has 0 spiro atoms. The van der Waals surface area contributed by atoms with E-state index in [4.69, 9.17) is 9.47 Å². The van der Waals surface area contributed by atoms with E-state index < -0.39 is 0 Å². The van der Waals surface area contributed by atoms with Gasteiger partial charge in [-0.1, -0.05) is 30.4 Å². The first-order valence-corrected chi connectivity index (χ1v) is 9.49. The number of nitrogens with one attached hydrogen (secondary N) is 1. The zero-order valence-corrected chi connectivity index (χ0v) is 16.7. The molecule has 0 aliphatic rings. The Morgan fingerprint density at radius 3 is 2.69 bits per heavy atom. The largest absolute Gasteiger partial charge is 0.493 e. The maximum absolute atomic E-state index is 12.1. The average molecular weight is 391 g/mol. The van der Waals surface area contributed by atoms with Crippen molar-refractivity contribution < 1.29 is 14.3 Å². The maximum Gasteiger partial charge on any atom is 0.257 e. The molecule has 1 heterocycles. The number of allylic oxidation sites excluding steroid dienone is 1. The minimum atomic E-state index is -0.169. The van der Waals surface area contributed by atoms with E-state index in [2.05, 4.69) is 10.4 Å². The van der Waals surface area contributed by atoms with Crippen LogP contribution in [-0.4, -0.2) is 35.9 Å². The normalized spacial score (nSPS) is 10.8. The summed E-state index contributed by atoms with van der Waals surface area (Å²) in [5.74, 6) is 0.980. The lowest BCUT2D eigenvalue weighted by Crippen LogP contribution is -2.30. The molecule has 0 aliphatic carbocycles. The predicted molar refractivity (Wildman–Crippen MR) is 113 cm³/mol. The number of methoxy groups -OCH3 is 1. The highest BCUT2D eigenvalue weighted by Crippen LogP contribution is 2.28. The summed E-state index contributed by atoms with van der Waals surface area (Å²) in [6.07, 6.45) is 8.32. The van der Waals surface area contributed by atoms with Gasteiger partial charge in [-0.2, -0.15) is 5.10 Å². The summed E-state index contributed by atoms with van der Waals surface area (Å²) in [7, 11) is 1.58.